The van der Waals surface area contributed by atoms with Gasteiger partial charge in [-0.2, -0.15) is 11.8 Å². The molecule has 0 amide bonds. The molecule has 1 aromatic carbocycles. The summed E-state index contributed by atoms with van der Waals surface area (Å²) in [5.41, 5.74) is 7.55. The first-order valence-electron chi connectivity index (χ1n) is 6.51. The third kappa shape index (κ3) is 3.69. The Bertz CT molecular complexity index is 578. The number of anilines is 1. The van der Waals surface area contributed by atoms with E-state index in [2.05, 4.69) is 20.8 Å². The van der Waals surface area contributed by atoms with Crippen LogP contribution in [0.3, 0.4) is 0 Å². The summed E-state index contributed by atoms with van der Waals surface area (Å²) in [6, 6.07) is 5.77. The number of sulfone groups is 1. The maximum Gasteiger partial charge on any atom is 0.166 e. The molecule has 2 N–H and O–H groups in total. The van der Waals surface area contributed by atoms with Gasteiger partial charge in [0.15, 0.2) is 9.84 Å². The number of rotatable bonds is 4. The lowest BCUT2D eigenvalue weighted by atomic mass is 10.2. The van der Waals surface area contributed by atoms with Crippen LogP contribution in [0.15, 0.2) is 22.7 Å². The van der Waals surface area contributed by atoms with Gasteiger partial charge in [0, 0.05) is 40.5 Å². The van der Waals surface area contributed by atoms with E-state index < -0.39 is 9.84 Å². The molecule has 0 aromatic heterocycles. The zero-order valence-corrected chi connectivity index (χ0v) is 14.6. The highest BCUT2D eigenvalue weighted by atomic mass is 79.9. The molecule has 1 saturated heterocycles. The molecule has 0 spiro atoms. The van der Waals surface area contributed by atoms with Crippen molar-refractivity contribution < 1.29 is 8.42 Å². The average molecular weight is 379 g/mol. The van der Waals surface area contributed by atoms with Crippen molar-refractivity contribution in [1.82, 2.24) is 4.90 Å². The summed E-state index contributed by atoms with van der Waals surface area (Å²) in [6.45, 7) is 3.16. The van der Waals surface area contributed by atoms with Gasteiger partial charge in [0.05, 0.1) is 0 Å². The topological polar surface area (TPSA) is 63.4 Å². The van der Waals surface area contributed by atoms with E-state index in [1.807, 2.05) is 18.2 Å². The van der Waals surface area contributed by atoms with Crippen molar-refractivity contribution in [3.05, 3.63) is 28.2 Å². The predicted octanol–water partition coefficient (Wildman–Crippen LogP) is 2.34. The summed E-state index contributed by atoms with van der Waals surface area (Å²) in [5.74, 6) is 1.83. The summed E-state index contributed by atoms with van der Waals surface area (Å²) in [5, 5.41) is -0.373. The molecular weight excluding hydrogens is 360 g/mol. The molecule has 2 rings (SSSR count). The molecule has 112 valence electrons. The fourth-order valence-electron chi connectivity index (χ4n) is 2.22. The van der Waals surface area contributed by atoms with Gasteiger partial charge in [-0.15, -0.1) is 0 Å². The molecule has 4 nitrogen and oxygen atoms in total. The van der Waals surface area contributed by atoms with E-state index in [1.54, 1.807) is 18.7 Å². The molecule has 1 aliphatic heterocycles. The summed E-state index contributed by atoms with van der Waals surface area (Å²) in [7, 11) is -3.04. The third-order valence-electron chi connectivity index (χ3n) is 3.46. The molecule has 1 aliphatic rings. The standard InChI is InChI=1S/C13H19BrN2O2S2/c1-2-20(17,18)13-9-19-6-5-16(13)8-10-3-4-12(15)11(14)7-10/h3-4,7,13H,2,5-6,8-9,15H2,1H3. The summed E-state index contributed by atoms with van der Waals surface area (Å²) in [6.07, 6.45) is 0. The van der Waals surface area contributed by atoms with E-state index in [-0.39, 0.29) is 11.1 Å². The van der Waals surface area contributed by atoms with E-state index in [0.29, 0.717) is 18.0 Å². The van der Waals surface area contributed by atoms with Crippen LogP contribution in [-0.2, 0) is 16.4 Å². The Kier molecular flexibility index (Phi) is 5.39. The number of hydrogen-bond acceptors (Lipinski definition) is 5. The summed E-state index contributed by atoms with van der Waals surface area (Å²) in [4.78, 5) is 2.06. The number of nitrogen functional groups attached to an aromatic ring is 1. The molecule has 0 saturated carbocycles. The Morgan fingerprint density at radius 2 is 2.25 bits per heavy atom. The number of hydrogen-bond donors (Lipinski definition) is 1. The lowest BCUT2D eigenvalue weighted by Crippen LogP contribution is -2.47. The number of thioether (sulfide) groups is 1. The highest BCUT2D eigenvalue weighted by molar-refractivity contribution is 9.10. The lowest BCUT2D eigenvalue weighted by molar-refractivity contribution is 0.261. The van der Waals surface area contributed by atoms with Gasteiger partial charge in [-0.05, 0) is 33.6 Å². The Labute approximate surface area is 133 Å². The molecule has 0 aliphatic carbocycles. The van der Waals surface area contributed by atoms with Gasteiger partial charge < -0.3 is 5.73 Å². The molecule has 1 unspecified atom stereocenters. The first kappa shape index (κ1) is 16.1. The van der Waals surface area contributed by atoms with Crippen LogP contribution in [0.5, 0.6) is 0 Å². The largest absolute Gasteiger partial charge is 0.398 e. The van der Waals surface area contributed by atoms with Crippen molar-refractivity contribution in [2.75, 3.05) is 29.5 Å². The highest BCUT2D eigenvalue weighted by Gasteiger charge is 2.32. The number of nitrogens with two attached hydrogens (primary N) is 1. The second-order valence-electron chi connectivity index (χ2n) is 4.81. The maximum absolute atomic E-state index is 12.2. The Balaban J connectivity index is 2.18. The molecule has 1 aromatic rings. The van der Waals surface area contributed by atoms with Gasteiger partial charge in [0.2, 0.25) is 0 Å². The fourth-order valence-corrected chi connectivity index (χ4v) is 5.73. The minimum absolute atomic E-state index is 0.195. The molecular formula is C13H19BrN2O2S2. The molecule has 1 fully saturated rings. The quantitative estimate of drug-likeness (QED) is 0.814. The van der Waals surface area contributed by atoms with Crippen LogP contribution in [-0.4, -0.2) is 42.5 Å². The van der Waals surface area contributed by atoms with E-state index >= 15 is 0 Å². The number of benzene rings is 1. The normalized spacial score (nSPS) is 21.0. The minimum atomic E-state index is -3.04. The van der Waals surface area contributed by atoms with Crippen LogP contribution in [0.1, 0.15) is 12.5 Å². The van der Waals surface area contributed by atoms with Crippen LogP contribution < -0.4 is 5.73 Å². The van der Waals surface area contributed by atoms with E-state index in [1.165, 1.54) is 0 Å². The van der Waals surface area contributed by atoms with Crippen LogP contribution in [0.4, 0.5) is 5.69 Å². The van der Waals surface area contributed by atoms with Gasteiger partial charge in [-0.1, -0.05) is 13.0 Å². The molecule has 0 bridgehead atoms. The Hall–Kier alpha value is -0.240. The van der Waals surface area contributed by atoms with Gasteiger partial charge in [0.25, 0.3) is 0 Å². The zero-order chi connectivity index (χ0) is 14.8. The predicted molar refractivity (Wildman–Crippen MR) is 89.5 cm³/mol. The van der Waals surface area contributed by atoms with Crippen molar-refractivity contribution >= 4 is 43.2 Å². The van der Waals surface area contributed by atoms with Gasteiger partial charge in [-0.25, -0.2) is 8.42 Å². The smallest absolute Gasteiger partial charge is 0.166 e. The van der Waals surface area contributed by atoms with E-state index in [9.17, 15) is 8.42 Å². The van der Waals surface area contributed by atoms with Crippen molar-refractivity contribution in [2.45, 2.75) is 18.8 Å². The highest BCUT2D eigenvalue weighted by Crippen LogP contribution is 2.26. The van der Waals surface area contributed by atoms with Crippen molar-refractivity contribution in [3.8, 4) is 0 Å². The van der Waals surface area contributed by atoms with Crippen LogP contribution >= 0.6 is 27.7 Å². The third-order valence-corrected chi connectivity index (χ3v) is 7.48. The second kappa shape index (κ2) is 6.68. The maximum atomic E-state index is 12.2. The Morgan fingerprint density at radius 3 is 2.90 bits per heavy atom. The van der Waals surface area contributed by atoms with E-state index in [4.69, 9.17) is 5.73 Å². The first-order chi connectivity index (χ1) is 9.44. The Morgan fingerprint density at radius 1 is 1.50 bits per heavy atom. The van der Waals surface area contributed by atoms with Crippen LogP contribution in [0.2, 0.25) is 0 Å². The minimum Gasteiger partial charge on any atom is -0.398 e. The van der Waals surface area contributed by atoms with Gasteiger partial charge in [-0.3, -0.25) is 4.90 Å². The number of nitrogens with zero attached hydrogens (tertiary/aromatic N) is 1. The van der Waals surface area contributed by atoms with Gasteiger partial charge in [0.1, 0.15) is 5.37 Å². The van der Waals surface area contributed by atoms with Gasteiger partial charge >= 0.3 is 0 Å². The van der Waals surface area contributed by atoms with Crippen LogP contribution in [0, 0.1) is 0 Å². The first-order valence-corrected chi connectivity index (χ1v) is 10.2. The summed E-state index contributed by atoms with van der Waals surface area (Å²) >= 11 is 5.13. The van der Waals surface area contributed by atoms with Crippen molar-refractivity contribution in [1.29, 1.82) is 0 Å². The number of halogens is 1. The molecule has 1 atom stereocenters. The summed E-state index contributed by atoms with van der Waals surface area (Å²) < 4.78 is 25.2. The van der Waals surface area contributed by atoms with Crippen LogP contribution in [0.25, 0.3) is 0 Å². The molecule has 7 heteroatoms. The van der Waals surface area contributed by atoms with Crippen molar-refractivity contribution in [3.63, 3.8) is 0 Å². The molecule has 1 heterocycles. The monoisotopic (exact) mass is 378 g/mol. The second-order valence-corrected chi connectivity index (χ2v) is 9.26. The zero-order valence-electron chi connectivity index (χ0n) is 11.4. The fraction of sp³-hybridized carbons (Fsp3) is 0.538. The van der Waals surface area contributed by atoms with Crippen molar-refractivity contribution in [2.24, 2.45) is 0 Å². The molecule has 0 radical (unpaired) electrons. The lowest BCUT2D eigenvalue weighted by Gasteiger charge is -2.34. The average Bonchev–Trinajstić information content (AvgIpc) is 2.43. The SMILES string of the molecule is CCS(=O)(=O)C1CSCCN1Cc1ccc(N)c(Br)c1. The molecule has 20 heavy (non-hydrogen) atoms. The van der Waals surface area contributed by atoms with E-state index in [0.717, 1.165) is 22.3 Å².